The number of rotatable bonds is 3. The molecule has 0 unspecified atom stereocenters. The summed E-state index contributed by atoms with van der Waals surface area (Å²) in [5.74, 6) is -1.06. The lowest BCUT2D eigenvalue weighted by atomic mass is 10.1. The number of benzene rings is 2. The molecule has 0 spiro atoms. The van der Waals surface area contributed by atoms with Gasteiger partial charge in [0, 0.05) is 11.1 Å². The Hall–Kier alpha value is -2.53. The lowest BCUT2D eigenvalue weighted by Gasteiger charge is -2.08. The van der Waals surface area contributed by atoms with Gasteiger partial charge in [0.15, 0.2) is 0 Å². The molecule has 22 heavy (non-hydrogen) atoms. The molecule has 2 amide bonds. The minimum absolute atomic E-state index is 0.0640. The van der Waals surface area contributed by atoms with Gasteiger partial charge in [-0.2, -0.15) is 0 Å². The number of phenolic OH excluding ortho intramolecular Hbond substituents is 1. The maximum Gasteiger partial charge on any atom is 0.269 e. The number of aromatic hydroxyl groups is 1. The van der Waals surface area contributed by atoms with E-state index in [0.717, 1.165) is 12.0 Å². The largest absolute Gasteiger partial charge is 0.506 e. The molecule has 114 valence electrons. The number of hydrogen-bond acceptors (Lipinski definition) is 3. The summed E-state index contributed by atoms with van der Waals surface area (Å²) in [6.45, 7) is 2.03. The van der Waals surface area contributed by atoms with Crippen LogP contribution < -0.4 is 10.9 Å². The molecule has 0 bridgehead atoms. The fourth-order valence-corrected chi connectivity index (χ4v) is 1.98. The van der Waals surface area contributed by atoms with E-state index in [4.69, 9.17) is 11.6 Å². The van der Waals surface area contributed by atoms with Gasteiger partial charge in [0.05, 0.1) is 5.02 Å². The smallest absolute Gasteiger partial charge is 0.269 e. The maximum absolute atomic E-state index is 11.9. The molecular formula is C16H15ClN2O3. The van der Waals surface area contributed by atoms with Crippen molar-refractivity contribution in [3.8, 4) is 5.75 Å². The zero-order chi connectivity index (χ0) is 16.1. The molecule has 2 rings (SSSR count). The van der Waals surface area contributed by atoms with Gasteiger partial charge in [0.1, 0.15) is 5.75 Å². The first-order valence-corrected chi connectivity index (χ1v) is 7.07. The van der Waals surface area contributed by atoms with E-state index in [9.17, 15) is 14.7 Å². The molecule has 2 aromatic rings. The molecule has 5 nitrogen and oxygen atoms in total. The van der Waals surface area contributed by atoms with Crippen LogP contribution in [0.25, 0.3) is 0 Å². The van der Waals surface area contributed by atoms with Crippen LogP contribution in [0.2, 0.25) is 5.02 Å². The number of phenols is 1. The topological polar surface area (TPSA) is 78.4 Å². The van der Waals surface area contributed by atoms with Crippen molar-refractivity contribution < 1.29 is 14.7 Å². The first kappa shape index (κ1) is 15.9. The molecule has 6 heteroatoms. The number of amides is 2. The molecule has 0 fully saturated rings. The van der Waals surface area contributed by atoms with Gasteiger partial charge in [-0.05, 0) is 42.3 Å². The maximum atomic E-state index is 11.9. The molecule has 0 heterocycles. The molecule has 3 N–H and O–H groups in total. The van der Waals surface area contributed by atoms with Gasteiger partial charge in [-0.15, -0.1) is 0 Å². The van der Waals surface area contributed by atoms with Crippen LogP contribution in [0.5, 0.6) is 5.75 Å². The molecule has 0 aliphatic carbocycles. The SMILES string of the molecule is CCc1ccc(C(=O)NNC(=O)c2ccc(O)c(Cl)c2)cc1. The second kappa shape index (κ2) is 6.95. The van der Waals surface area contributed by atoms with Crippen LogP contribution in [-0.2, 0) is 6.42 Å². The predicted octanol–water partition coefficient (Wildman–Crippen LogP) is 2.68. The van der Waals surface area contributed by atoms with E-state index >= 15 is 0 Å². The summed E-state index contributed by atoms with van der Waals surface area (Å²) in [7, 11) is 0. The standard InChI is InChI=1S/C16H15ClN2O3/c1-2-10-3-5-11(6-4-10)15(21)18-19-16(22)12-7-8-14(20)13(17)9-12/h3-9,20H,2H2,1H3,(H,18,21)(H,19,22). The first-order valence-electron chi connectivity index (χ1n) is 6.69. The normalized spacial score (nSPS) is 10.1. The third-order valence-electron chi connectivity index (χ3n) is 3.12. The average Bonchev–Trinajstić information content (AvgIpc) is 2.54. The Labute approximate surface area is 132 Å². The Balaban J connectivity index is 1.97. The van der Waals surface area contributed by atoms with Crippen molar-refractivity contribution in [1.29, 1.82) is 0 Å². The number of halogens is 1. The molecule has 0 aliphatic heterocycles. The zero-order valence-corrected chi connectivity index (χ0v) is 12.6. The molecule has 0 radical (unpaired) electrons. The van der Waals surface area contributed by atoms with Gasteiger partial charge < -0.3 is 5.11 Å². The Bertz CT molecular complexity index is 699. The third kappa shape index (κ3) is 3.77. The molecule has 0 aliphatic rings. The summed E-state index contributed by atoms with van der Waals surface area (Å²) in [6, 6.07) is 11.1. The Kier molecular flexibility index (Phi) is 5.01. The van der Waals surface area contributed by atoms with Gasteiger partial charge in [-0.1, -0.05) is 30.7 Å². The van der Waals surface area contributed by atoms with Gasteiger partial charge in [-0.3, -0.25) is 20.4 Å². The van der Waals surface area contributed by atoms with Crippen LogP contribution in [-0.4, -0.2) is 16.9 Å². The summed E-state index contributed by atoms with van der Waals surface area (Å²) >= 11 is 5.73. The van der Waals surface area contributed by atoms with Crippen molar-refractivity contribution >= 4 is 23.4 Å². The van der Waals surface area contributed by atoms with Gasteiger partial charge in [0.2, 0.25) is 0 Å². The fourth-order valence-electron chi connectivity index (χ4n) is 1.80. The number of carbonyl (C=O) groups excluding carboxylic acids is 2. The summed E-state index contributed by atoms with van der Waals surface area (Å²) < 4.78 is 0. The highest BCUT2D eigenvalue weighted by Gasteiger charge is 2.10. The predicted molar refractivity (Wildman–Crippen MR) is 83.9 cm³/mol. The lowest BCUT2D eigenvalue weighted by Crippen LogP contribution is -2.41. The molecule has 0 saturated heterocycles. The van der Waals surface area contributed by atoms with Crippen molar-refractivity contribution in [2.75, 3.05) is 0 Å². The van der Waals surface area contributed by atoms with E-state index in [0.29, 0.717) is 5.56 Å². The number of hydrazine groups is 1. The Morgan fingerprint density at radius 2 is 1.55 bits per heavy atom. The van der Waals surface area contributed by atoms with Crippen LogP contribution in [0.3, 0.4) is 0 Å². The summed E-state index contributed by atoms with van der Waals surface area (Å²) in [6.07, 6.45) is 0.889. The number of nitrogens with one attached hydrogen (secondary N) is 2. The van der Waals surface area contributed by atoms with Gasteiger partial charge in [0.25, 0.3) is 11.8 Å². The number of aryl methyl sites for hydroxylation is 1. The van der Waals surface area contributed by atoms with E-state index in [1.165, 1.54) is 18.2 Å². The van der Waals surface area contributed by atoms with Crippen molar-refractivity contribution in [2.45, 2.75) is 13.3 Å². The molecule has 0 saturated carbocycles. The zero-order valence-electron chi connectivity index (χ0n) is 11.9. The van der Waals surface area contributed by atoms with Crippen molar-refractivity contribution in [1.82, 2.24) is 10.9 Å². The van der Waals surface area contributed by atoms with Crippen molar-refractivity contribution in [2.24, 2.45) is 0 Å². The van der Waals surface area contributed by atoms with Gasteiger partial charge in [-0.25, -0.2) is 0 Å². The monoisotopic (exact) mass is 318 g/mol. The van der Waals surface area contributed by atoms with Gasteiger partial charge >= 0.3 is 0 Å². The highest BCUT2D eigenvalue weighted by Crippen LogP contribution is 2.23. The summed E-state index contributed by atoms with van der Waals surface area (Å²) in [5.41, 5.74) is 6.41. The number of carbonyl (C=O) groups is 2. The summed E-state index contributed by atoms with van der Waals surface area (Å²) in [4.78, 5) is 23.8. The first-order chi connectivity index (χ1) is 10.5. The van der Waals surface area contributed by atoms with Crippen LogP contribution in [0, 0.1) is 0 Å². The van der Waals surface area contributed by atoms with Crippen molar-refractivity contribution in [3.05, 3.63) is 64.2 Å². The minimum atomic E-state index is -0.527. The van der Waals surface area contributed by atoms with E-state index in [1.807, 2.05) is 19.1 Å². The van der Waals surface area contributed by atoms with Crippen LogP contribution in [0.1, 0.15) is 33.2 Å². The number of hydrogen-bond donors (Lipinski definition) is 3. The lowest BCUT2D eigenvalue weighted by molar-refractivity contribution is 0.0846. The van der Waals surface area contributed by atoms with E-state index in [2.05, 4.69) is 10.9 Å². The third-order valence-corrected chi connectivity index (χ3v) is 3.43. The van der Waals surface area contributed by atoms with Crippen molar-refractivity contribution in [3.63, 3.8) is 0 Å². The van der Waals surface area contributed by atoms with Crippen LogP contribution in [0.4, 0.5) is 0 Å². The highest BCUT2D eigenvalue weighted by atomic mass is 35.5. The molecular weight excluding hydrogens is 304 g/mol. The quantitative estimate of drug-likeness (QED) is 0.761. The van der Waals surface area contributed by atoms with Crippen LogP contribution >= 0.6 is 11.6 Å². The van der Waals surface area contributed by atoms with E-state index < -0.39 is 11.8 Å². The second-order valence-corrected chi connectivity index (χ2v) is 5.03. The Morgan fingerprint density at radius 1 is 1.00 bits per heavy atom. The second-order valence-electron chi connectivity index (χ2n) is 4.62. The average molecular weight is 319 g/mol. The minimum Gasteiger partial charge on any atom is -0.506 e. The summed E-state index contributed by atoms with van der Waals surface area (Å²) in [5, 5.41) is 9.37. The molecule has 0 aromatic heterocycles. The fraction of sp³-hybridized carbons (Fsp3) is 0.125. The molecule has 2 aromatic carbocycles. The van der Waals surface area contributed by atoms with Crippen LogP contribution in [0.15, 0.2) is 42.5 Å². The molecule has 0 atom stereocenters. The van der Waals surface area contributed by atoms with E-state index in [1.54, 1.807) is 12.1 Å². The van der Waals surface area contributed by atoms with E-state index in [-0.39, 0.29) is 16.3 Å². The highest BCUT2D eigenvalue weighted by molar-refractivity contribution is 6.32. The Morgan fingerprint density at radius 3 is 2.09 bits per heavy atom.